The van der Waals surface area contributed by atoms with E-state index in [1.807, 2.05) is 37.1 Å². The number of nitrogens with zero attached hydrogens (tertiary/aromatic N) is 5. The van der Waals surface area contributed by atoms with Gasteiger partial charge in [-0.15, -0.1) is 12.4 Å². The number of hydrogen-bond acceptors (Lipinski definition) is 4. The highest BCUT2D eigenvalue weighted by atomic mass is 35.5. The fourth-order valence-corrected chi connectivity index (χ4v) is 3.21. The Kier molecular flexibility index (Phi) is 4.80. The van der Waals surface area contributed by atoms with Crippen molar-refractivity contribution in [2.75, 3.05) is 0 Å². The predicted molar refractivity (Wildman–Crippen MR) is 105 cm³/mol. The van der Waals surface area contributed by atoms with Crippen LogP contribution in [0.1, 0.15) is 24.1 Å². The van der Waals surface area contributed by atoms with Crippen molar-refractivity contribution in [1.29, 1.82) is 0 Å². The van der Waals surface area contributed by atoms with Crippen LogP contribution < -0.4 is 5.73 Å². The van der Waals surface area contributed by atoms with Crippen LogP contribution in [0, 0.1) is 6.92 Å². The molecular weight excluding hydrogens is 348 g/mol. The molecule has 2 N–H and O–H groups in total. The summed E-state index contributed by atoms with van der Waals surface area (Å²) in [6.07, 6.45) is 7.43. The topological polar surface area (TPSA) is 74.0 Å². The molecule has 7 heteroatoms. The highest BCUT2D eigenvalue weighted by Crippen LogP contribution is 2.29. The van der Waals surface area contributed by atoms with E-state index in [2.05, 4.69) is 46.4 Å². The summed E-state index contributed by atoms with van der Waals surface area (Å²) < 4.78 is 3.65. The van der Waals surface area contributed by atoms with Crippen LogP contribution in [0.3, 0.4) is 0 Å². The Balaban J connectivity index is 0.00000196. The zero-order chi connectivity index (χ0) is 17.6. The summed E-state index contributed by atoms with van der Waals surface area (Å²) in [4.78, 5) is 4.52. The monoisotopic (exact) mass is 368 g/mol. The third kappa shape index (κ3) is 3.09. The summed E-state index contributed by atoms with van der Waals surface area (Å²) in [5.41, 5.74) is 13.4. The molecule has 0 saturated carbocycles. The van der Waals surface area contributed by atoms with Crippen LogP contribution in [-0.4, -0.2) is 24.4 Å². The standard InChI is InChI=1S/C19H20N6.ClH/c1-12-6-14(4-5-17(12)13(2)20)19-18-7-15(10-25(18)23-11-21-19)16-8-22-24(3)9-16;/h4-11,13H,20H2,1-3H3;1H. The molecule has 0 saturated heterocycles. The SMILES string of the molecule is Cc1cc(-c2ncnn3cc(-c4cnn(C)c4)cc23)ccc1C(C)N.Cl. The lowest BCUT2D eigenvalue weighted by Crippen LogP contribution is -2.06. The first-order valence-corrected chi connectivity index (χ1v) is 8.22. The van der Waals surface area contributed by atoms with E-state index in [0.717, 1.165) is 33.5 Å². The van der Waals surface area contributed by atoms with E-state index in [4.69, 9.17) is 5.73 Å². The van der Waals surface area contributed by atoms with Gasteiger partial charge in [-0.1, -0.05) is 12.1 Å². The molecule has 0 aliphatic heterocycles. The minimum Gasteiger partial charge on any atom is -0.324 e. The molecular formula is C19H21ClN6. The normalized spacial score (nSPS) is 12.2. The van der Waals surface area contributed by atoms with Crippen molar-refractivity contribution in [1.82, 2.24) is 24.4 Å². The lowest BCUT2D eigenvalue weighted by Gasteiger charge is -2.11. The quantitative estimate of drug-likeness (QED) is 0.600. The number of nitrogens with two attached hydrogens (primary N) is 1. The molecule has 134 valence electrons. The van der Waals surface area contributed by atoms with Crippen LogP contribution in [0.4, 0.5) is 0 Å². The predicted octanol–water partition coefficient (Wildman–Crippen LogP) is 3.55. The maximum Gasteiger partial charge on any atom is 0.137 e. The molecule has 1 unspecified atom stereocenters. The van der Waals surface area contributed by atoms with Gasteiger partial charge in [-0.3, -0.25) is 4.68 Å². The third-order valence-electron chi connectivity index (χ3n) is 4.48. The van der Waals surface area contributed by atoms with Gasteiger partial charge in [0.15, 0.2) is 0 Å². The first-order chi connectivity index (χ1) is 12.0. The molecule has 3 heterocycles. The summed E-state index contributed by atoms with van der Waals surface area (Å²) in [7, 11) is 1.91. The Bertz CT molecular complexity index is 1060. The highest BCUT2D eigenvalue weighted by molar-refractivity contribution is 5.85. The number of rotatable bonds is 3. The summed E-state index contributed by atoms with van der Waals surface area (Å²) >= 11 is 0. The van der Waals surface area contributed by atoms with E-state index in [1.165, 1.54) is 5.56 Å². The van der Waals surface area contributed by atoms with E-state index >= 15 is 0 Å². The van der Waals surface area contributed by atoms with Crippen molar-refractivity contribution in [3.8, 4) is 22.4 Å². The zero-order valence-corrected chi connectivity index (χ0v) is 15.7. The van der Waals surface area contributed by atoms with Gasteiger partial charge in [0.25, 0.3) is 0 Å². The van der Waals surface area contributed by atoms with Gasteiger partial charge in [0.05, 0.1) is 17.4 Å². The molecule has 26 heavy (non-hydrogen) atoms. The largest absolute Gasteiger partial charge is 0.324 e. The molecule has 0 amide bonds. The Morgan fingerprint density at radius 2 is 1.85 bits per heavy atom. The van der Waals surface area contributed by atoms with E-state index in [0.29, 0.717) is 0 Å². The molecule has 0 aliphatic rings. The number of halogens is 1. The van der Waals surface area contributed by atoms with Gasteiger partial charge in [0, 0.05) is 42.2 Å². The Morgan fingerprint density at radius 1 is 1.04 bits per heavy atom. The number of aromatic nitrogens is 5. The summed E-state index contributed by atoms with van der Waals surface area (Å²) in [6, 6.07) is 8.41. The van der Waals surface area contributed by atoms with Crippen LogP contribution in [0.25, 0.3) is 27.9 Å². The van der Waals surface area contributed by atoms with Crippen LogP contribution in [0.5, 0.6) is 0 Å². The fourth-order valence-electron chi connectivity index (χ4n) is 3.21. The summed E-state index contributed by atoms with van der Waals surface area (Å²) in [5.74, 6) is 0. The molecule has 3 aromatic heterocycles. The van der Waals surface area contributed by atoms with Crippen molar-refractivity contribution in [2.24, 2.45) is 12.8 Å². The second-order valence-electron chi connectivity index (χ2n) is 6.43. The van der Waals surface area contributed by atoms with E-state index < -0.39 is 0 Å². The van der Waals surface area contributed by atoms with Gasteiger partial charge >= 0.3 is 0 Å². The van der Waals surface area contributed by atoms with Gasteiger partial charge < -0.3 is 5.73 Å². The van der Waals surface area contributed by atoms with E-state index in [1.54, 1.807) is 11.0 Å². The van der Waals surface area contributed by atoms with Crippen LogP contribution in [-0.2, 0) is 7.05 Å². The van der Waals surface area contributed by atoms with E-state index in [-0.39, 0.29) is 18.4 Å². The number of aryl methyl sites for hydroxylation is 2. The van der Waals surface area contributed by atoms with Gasteiger partial charge in [-0.25, -0.2) is 9.50 Å². The van der Waals surface area contributed by atoms with Crippen LogP contribution in [0.15, 0.2) is 49.2 Å². The van der Waals surface area contributed by atoms with Crippen molar-refractivity contribution < 1.29 is 0 Å². The minimum absolute atomic E-state index is 0. The lowest BCUT2D eigenvalue weighted by molar-refractivity contribution is 0.768. The average Bonchev–Trinajstić information content (AvgIpc) is 3.19. The van der Waals surface area contributed by atoms with E-state index in [9.17, 15) is 0 Å². The summed E-state index contributed by atoms with van der Waals surface area (Å²) in [5, 5.41) is 8.59. The van der Waals surface area contributed by atoms with Crippen molar-refractivity contribution in [3.63, 3.8) is 0 Å². The molecule has 0 radical (unpaired) electrons. The Labute approximate surface area is 158 Å². The maximum absolute atomic E-state index is 6.03. The average molecular weight is 369 g/mol. The molecule has 0 spiro atoms. The van der Waals surface area contributed by atoms with Crippen molar-refractivity contribution >= 4 is 17.9 Å². The molecule has 6 nitrogen and oxygen atoms in total. The fraction of sp³-hybridized carbons (Fsp3) is 0.211. The molecule has 4 aromatic rings. The smallest absolute Gasteiger partial charge is 0.137 e. The number of benzene rings is 1. The van der Waals surface area contributed by atoms with Crippen molar-refractivity contribution in [3.05, 3.63) is 60.3 Å². The summed E-state index contributed by atoms with van der Waals surface area (Å²) in [6.45, 7) is 4.08. The second kappa shape index (κ2) is 6.90. The van der Waals surface area contributed by atoms with Crippen LogP contribution in [0.2, 0.25) is 0 Å². The Morgan fingerprint density at radius 3 is 2.50 bits per heavy atom. The number of hydrogen-bond donors (Lipinski definition) is 1. The number of fused-ring (bicyclic) bond motifs is 1. The molecule has 0 fully saturated rings. The zero-order valence-electron chi connectivity index (χ0n) is 14.9. The lowest BCUT2D eigenvalue weighted by atomic mass is 9.99. The van der Waals surface area contributed by atoms with Gasteiger partial charge in [-0.05, 0) is 37.1 Å². The van der Waals surface area contributed by atoms with Crippen LogP contribution >= 0.6 is 12.4 Å². The minimum atomic E-state index is 0. The van der Waals surface area contributed by atoms with Gasteiger partial charge in [-0.2, -0.15) is 10.2 Å². The molecule has 4 rings (SSSR count). The third-order valence-corrected chi connectivity index (χ3v) is 4.48. The highest BCUT2D eigenvalue weighted by Gasteiger charge is 2.12. The maximum atomic E-state index is 6.03. The van der Waals surface area contributed by atoms with Gasteiger partial charge in [0.1, 0.15) is 6.33 Å². The first kappa shape index (κ1) is 18.1. The Hall–Kier alpha value is -2.70. The second-order valence-corrected chi connectivity index (χ2v) is 6.43. The molecule has 0 bridgehead atoms. The molecule has 1 atom stereocenters. The first-order valence-electron chi connectivity index (χ1n) is 8.22. The molecule has 0 aliphatic carbocycles. The van der Waals surface area contributed by atoms with Gasteiger partial charge in [0.2, 0.25) is 0 Å². The molecule has 1 aromatic carbocycles. The van der Waals surface area contributed by atoms with Crippen molar-refractivity contribution in [2.45, 2.75) is 19.9 Å².